The molecule has 1 N–H and O–H groups in total. The zero-order valence-electron chi connectivity index (χ0n) is 12.2. The third-order valence-electron chi connectivity index (χ3n) is 2.80. The highest BCUT2D eigenvalue weighted by atomic mass is 35.5. The second-order valence-electron chi connectivity index (χ2n) is 4.54. The summed E-state index contributed by atoms with van der Waals surface area (Å²) in [5, 5.41) is 20.8. The summed E-state index contributed by atoms with van der Waals surface area (Å²) in [5.41, 5.74) is 1.64. The number of aryl methyl sites for hydroxylation is 1. The van der Waals surface area contributed by atoms with Crippen LogP contribution in [-0.2, 0) is 0 Å². The second-order valence-corrected chi connectivity index (χ2v) is 7.50. The van der Waals surface area contributed by atoms with Crippen molar-refractivity contribution < 1.29 is 0 Å². The summed E-state index contributed by atoms with van der Waals surface area (Å²) in [7, 11) is 0. The molecule has 3 aromatic rings. The molecule has 2 aromatic heterocycles. The third-order valence-corrected chi connectivity index (χ3v) is 5.01. The minimum atomic E-state index is 0.497. The molecule has 0 saturated carbocycles. The van der Waals surface area contributed by atoms with Crippen LogP contribution in [0.5, 0.6) is 0 Å². The number of nitrogens with zero attached hydrogens (tertiary/aromatic N) is 5. The Kier molecular flexibility index (Phi) is 5.37. The normalized spacial score (nSPS) is 10.7. The van der Waals surface area contributed by atoms with Gasteiger partial charge in [0.05, 0.1) is 11.9 Å². The Balaban J connectivity index is 1.57. The monoisotopic (exact) mass is 364 g/mol. The Morgan fingerprint density at radius 2 is 2.17 bits per heavy atom. The molecule has 0 unspecified atom stereocenters. The van der Waals surface area contributed by atoms with Gasteiger partial charge in [0.15, 0.2) is 4.34 Å². The molecule has 0 aliphatic rings. The number of benzene rings is 1. The minimum Gasteiger partial charge on any atom is -0.352 e. The summed E-state index contributed by atoms with van der Waals surface area (Å²) < 4.78 is 0.969. The van der Waals surface area contributed by atoms with Crippen LogP contribution in [0.4, 0.5) is 5.95 Å². The van der Waals surface area contributed by atoms with E-state index in [0.717, 1.165) is 26.4 Å². The maximum Gasteiger partial charge on any atom is 0.243 e. The molecule has 0 spiro atoms. The molecule has 0 bridgehead atoms. The van der Waals surface area contributed by atoms with Crippen molar-refractivity contribution in [2.75, 3.05) is 17.6 Å². The fourth-order valence-corrected chi connectivity index (χ4v) is 3.73. The van der Waals surface area contributed by atoms with Gasteiger partial charge in [-0.05, 0) is 19.1 Å². The maximum absolute atomic E-state index is 6.00. The van der Waals surface area contributed by atoms with Gasteiger partial charge in [-0.1, -0.05) is 46.8 Å². The molecule has 6 nitrogen and oxygen atoms in total. The van der Waals surface area contributed by atoms with Gasteiger partial charge in [0, 0.05) is 22.9 Å². The topological polar surface area (TPSA) is 76.5 Å². The Labute approximate surface area is 146 Å². The van der Waals surface area contributed by atoms with Crippen LogP contribution in [0, 0.1) is 6.92 Å². The van der Waals surface area contributed by atoms with Gasteiger partial charge in [0.1, 0.15) is 5.01 Å². The van der Waals surface area contributed by atoms with Crippen LogP contribution in [0.25, 0.3) is 11.3 Å². The van der Waals surface area contributed by atoms with Crippen molar-refractivity contribution >= 4 is 40.6 Å². The lowest BCUT2D eigenvalue weighted by atomic mass is 10.2. The van der Waals surface area contributed by atoms with Gasteiger partial charge in [0.2, 0.25) is 5.95 Å². The van der Waals surface area contributed by atoms with Crippen LogP contribution >= 0.6 is 34.7 Å². The largest absolute Gasteiger partial charge is 0.352 e. The lowest BCUT2D eigenvalue weighted by molar-refractivity contribution is 0.959. The average molecular weight is 365 g/mol. The van der Waals surface area contributed by atoms with E-state index in [1.165, 1.54) is 0 Å². The molecule has 0 amide bonds. The fourth-order valence-electron chi connectivity index (χ4n) is 1.80. The molecular weight excluding hydrogens is 352 g/mol. The second kappa shape index (κ2) is 7.67. The van der Waals surface area contributed by atoms with Crippen LogP contribution in [0.1, 0.15) is 5.01 Å². The zero-order chi connectivity index (χ0) is 16.1. The molecule has 1 aromatic carbocycles. The van der Waals surface area contributed by atoms with Crippen molar-refractivity contribution in [3.63, 3.8) is 0 Å². The summed E-state index contributed by atoms with van der Waals surface area (Å²) in [5.74, 6) is 1.34. The third kappa shape index (κ3) is 4.60. The molecule has 9 heteroatoms. The number of anilines is 1. The van der Waals surface area contributed by atoms with Crippen LogP contribution in [0.2, 0.25) is 5.02 Å². The van der Waals surface area contributed by atoms with Crippen molar-refractivity contribution in [1.82, 2.24) is 25.4 Å². The summed E-state index contributed by atoms with van der Waals surface area (Å²) in [6.45, 7) is 2.66. The van der Waals surface area contributed by atoms with Gasteiger partial charge < -0.3 is 5.32 Å². The highest BCUT2D eigenvalue weighted by Crippen LogP contribution is 2.22. The fraction of sp³-hybridized carbons (Fsp3) is 0.214. The summed E-state index contributed by atoms with van der Waals surface area (Å²) in [6.07, 6.45) is 1.62. The van der Waals surface area contributed by atoms with Gasteiger partial charge in [0.25, 0.3) is 0 Å². The first-order valence-corrected chi connectivity index (χ1v) is 9.01. The molecule has 0 fully saturated rings. The lowest BCUT2D eigenvalue weighted by Crippen LogP contribution is -2.08. The van der Waals surface area contributed by atoms with Crippen LogP contribution < -0.4 is 5.32 Å². The average Bonchev–Trinajstić information content (AvgIpc) is 2.97. The van der Waals surface area contributed by atoms with Gasteiger partial charge in [-0.25, -0.2) is 4.98 Å². The van der Waals surface area contributed by atoms with E-state index in [2.05, 4.69) is 30.7 Å². The van der Waals surface area contributed by atoms with Crippen LogP contribution in [-0.4, -0.2) is 37.7 Å². The number of rotatable bonds is 6. The lowest BCUT2D eigenvalue weighted by Gasteiger charge is -2.05. The SMILES string of the molecule is Cc1nnc(SCCNc2nncc(-c3cccc(Cl)c3)n2)s1. The Bertz CT molecular complexity index is 794. The summed E-state index contributed by atoms with van der Waals surface area (Å²) in [4.78, 5) is 4.45. The van der Waals surface area contributed by atoms with Crippen molar-refractivity contribution in [1.29, 1.82) is 0 Å². The standard InChI is InChI=1S/C14H13ClN6S2/c1-9-19-21-14(23-9)22-6-5-16-13-18-12(8-17-20-13)10-3-2-4-11(15)7-10/h2-4,7-8H,5-6H2,1H3,(H,16,18,20). The molecule has 0 saturated heterocycles. The number of halogens is 1. The van der Waals surface area contributed by atoms with Crippen LogP contribution in [0.3, 0.4) is 0 Å². The van der Waals surface area contributed by atoms with E-state index in [4.69, 9.17) is 11.6 Å². The van der Waals surface area contributed by atoms with Gasteiger partial charge in [-0.3, -0.25) is 0 Å². The van der Waals surface area contributed by atoms with E-state index in [-0.39, 0.29) is 0 Å². The zero-order valence-corrected chi connectivity index (χ0v) is 14.6. The molecule has 23 heavy (non-hydrogen) atoms. The predicted octanol–water partition coefficient (Wildman–Crippen LogP) is 3.56. The maximum atomic E-state index is 6.00. The quantitative estimate of drug-likeness (QED) is 0.529. The molecule has 118 valence electrons. The number of hydrogen-bond acceptors (Lipinski definition) is 8. The highest BCUT2D eigenvalue weighted by molar-refractivity contribution is 8.01. The Morgan fingerprint density at radius 1 is 1.26 bits per heavy atom. The first-order valence-electron chi connectivity index (χ1n) is 6.83. The minimum absolute atomic E-state index is 0.497. The summed E-state index contributed by atoms with van der Waals surface area (Å²) in [6, 6.07) is 7.50. The van der Waals surface area contributed by atoms with Gasteiger partial charge in [-0.2, -0.15) is 5.10 Å². The number of nitrogens with one attached hydrogen (secondary N) is 1. The number of hydrogen-bond donors (Lipinski definition) is 1. The van der Waals surface area contributed by atoms with Crippen LogP contribution in [0.15, 0.2) is 34.8 Å². The predicted molar refractivity (Wildman–Crippen MR) is 94.1 cm³/mol. The molecular formula is C14H13ClN6S2. The molecule has 0 aliphatic carbocycles. The van der Waals surface area contributed by atoms with Crippen molar-refractivity contribution in [2.45, 2.75) is 11.3 Å². The van der Waals surface area contributed by atoms with Crippen molar-refractivity contribution in [2.24, 2.45) is 0 Å². The first kappa shape index (κ1) is 16.1. The number of aromatic nitrogens is 5. The van der Waals surface area contributed by atoms with Crippen molar-refractivity contribution in [3.8, 4) is 11.3 Å². The van der Waals surface area contributed by atoms with Crippen molar-refractivity contribution in [3.05, 3.63) is 40.5 Å². The molecule has 0 aliphatic heterocycles. The van der Waals surface area contributed by atoms with E-state index in [1.807, 2.05) is 31.2 Å². The summed E-state index contributed by atoms with van der Waals surface area (Å²) >= 11 is 9.25. The van der Waals surface area contributed by atoms with E-state index < -0.39 is 0 Å². The van der Waals surface area contributed by atoms with E-state index >= 15 is 0 Å². The van der Waals surface area contributed by atoms with E-state index in [9.17, 15) is 0 Å². The molecule has 0 radical (unpaired) electrons. The Morgan fingerprint density at radius 3 is 2.96 bits per heavy atom. The van der Waals surface area contributed by atoms with E-state index in [0.29, 0.717) is 17.5 Å². The molecule has 3 rings (SSSR count). The first-order chi connectivity index (χ1) is 11.2. The number of thioether (sulfide) groups is 1. The van der Waals surface area contributed by atoms with E-state index in [1.54, 1.807) is 29.3 Å². The van der Waals surface area contributed by atoms with Gasteiger partial charge >= 0.3 is 0 Å². The smallest absolute Gasteiger partial charge is 0.243 e. The highest BCUT2D eigenvalue weighted by Gasteiger charge is 2.05. The molecule has 2 heterocycles. The van der Waals surface area contributed by atoms with Gasteiger partial charge in [-0.15, -0.1) is 15.3 Å². The molecule has 0 atom stereocenters. The Hall–Kier alpha value is -1.77.